The zero-order valence-corrected chi connectivity index (χ0v) is 17.4. The van der Waals surface area contributed by atoms with Crippen molar-refractivity contribution in [2.75, 3.05) is 38.7 Å². The highest BCUT2D eigenvalue weighted by Crippen LogP contribution is 2.10. The Morgan fingerprint density at radius 1 is 1.17 bits per heavy atom. The van der Waals surface area contributed by atoms with Crippen molar-refractivity contribution in [3.05, 3.63) is 0 Å². The van der Waals surface area contributed by atoms with Crippen LogP contribution < -0.4 is 10.6 Å². The first-order chi connectivity index (χ1) is 11.1. The van der Waals surface area contributed by atoms with Crippen molar-refractivity contribution < 1.29 is 8.42 Å². The average Bonchev–Trinajstić information content (AvgIpc) is 2.48. The Bertz CT molecular complexity index is 459. The number of rotatable bonds is 11. The predicted octanol–water partition coefficient (Wildman–Crippen LogP) is 1.73. The summed E-state index contributed by atoms with van der Waals surface area (Å²) < 4.78 is 22.5. The Kier molecular flexibility index (Phi) is 11.3. The van der Waals surface area contributed by atoms with E-state index in [-0.39, 0.29) is 11.8 Å². The number of likely N-dealkylation sites (N-methyl/N-ethyl adjacent to an activating group) is 1. The molecule has 7 heteroatoms. The summed E-state index contributed by atoms with van der Waals surface area (Å²) in [4.78, 5) is 6.73. The van der Waals surface area contributed by atoms with E-state index in [4.69, 9.17) is 0 Å². The predicted molar refractivity (Wildman–Crippen MR) is 104 cm³/mol. The average molecular weight is 363 g/mol. The lowest BCUT2D eigenvalue weighted by atomic mass is 10.0. The first-order valence-electron chi connectivity index (χ1n) is 9.01. The first-order valence-corrected chi connectivity index (χ1v) is 11.1. The highest BCUT2D eigenvalue weighted by Gasteiger charge is 2.18. The molecule has 2 atom stereocenters. The van der Waals surface area contributed by atoms with Gasteiger partial charge in [0, 0.05) is 31.9 Å². The molecular weight excluding hydrogens is 324 g/mol. The van der Waals surface area contributed by atoms with Crippen LogP contribution >= 0.6 is 0 Å². The molecule has 0 bridgehead atoms. The molecule has 0 aromatic carbocycles. The largest absolute Gasteiger partial charge is 0.355 e. The van der Waals surface area contributed by atoms with E-state index in [1.807, 2.05) is 6.92 Å². The summed E-state index contributed by atoms with van der Waals surface area (Å²) in [5.41, 5.74) is 0. The molecule has 6 nitrogen and oxygen atoms in total. The number of guanidine groups is 1. The van der Waals surface area contributed by atoms with E-state index in [1.165, 1.54) is 6.26 Å². The fourth-order valence-electron chi connectivity index (χ4n) is 2.75. The Hall–Kier alpha value is -0.820. The van der Waals surface area contributed by atoms with Gasteiger partial charge in [0.2, 0.25) is 0 Å². The minimum absolute atomic E-state index is 0.0583. The van der Waals surface area contributed by atoms with Crippen molar-refractivity contribution in [1.82, 2.24) is 15.5 Å². The number of nitrogens with zero attached hydrogens (tertiary/aromatic N) is 2. The number of hydrogen-bond acceptors (Lipinski definition) is 4. The maximum atomic E-state index is 11.3. The van der Waals surface area contributed by atoms with Gasteiger partial charge in [-0.3, -0.25) is 9.89 Å². The molecule has 0 heterocycles. The van der Waals surface area contributed by atoms with E-state index in [0.717, 1.165) is 32.0 Å². The highest BCUT2D eigenvalue weighted by molar-refractivity contribution is 7.90. The maximum Gasteiger partial charge on any atom is 0.191 e. The van der Waals surface area contributed by atoms with Crippen LogP contribution in [0.5, 0.6) is 0 Å². The molecule has 144 valence electrons. The summed E-state index contributed by atoms with van der Waals surface area (Å²) in [5, 5.41) is 6.68. The van der Waals surface area contributed by atoms with Crippen LogP contribution in [0.3, 0.4) is 0 Å². The van der Waals surface area contributed by atoms with Gasteiger partial charge in [0.05, 0.1) is 5.75 Å². The van der Waals surface area contributed by atoms with Crippen molar-refractivity contribution in [3.63, 3.8) is 0 Å². The van der Waals surface area contributed by atoms with Gasteiger partial charge in [-0.15, -0.1) is 0 Å². The molecule has 0 aromatic heterocycles. The molecule has 0 aliphatic carbocycles. The molecule has 0 saturated heterocycles. The van der Waals surface area contributed by atoms with E-state index in [2.05, 4.69) is 48.2 Å². The third-order valence-electron chi connectivity index (χ3n) is 4.11. The van der Waals surface area contributed by atoms with E-state index < -0.39 is 9.84 Å². The van der Waals surface area contributed by atoms with Crippen LogP contribution in [-0.2, 0) is 9.84 Å². The van der Waals surface area contributed by atoms with E-state index in [0.29, 0.717) is 18.4 Å². The van der Waals surface area contributed by atoms with Gasteiger partial charge in [-0.25, -0.2) is 8.42 Å². The number of sulfone groups is 1. The van der Waals surface area contributed by atoms with E-state index in [9.17, 15) is 8.42 Å². The first kappa shape index (κ1) is 23.2. The molecule has 0 fully saturated rings. The molecule has 0 rings (SSSR count). The minimum atomic E-state index is -2.93. The van der Waals surface area contributed by atoms with E-state index >= 15 is 0 Å². The van der Waals surface area contributed by atoms with Crippen molar-refractivity contribution >= 4 is 15.8 Å². The molecule has 2 unspecified atom stereocenters. The number of hydrogen-bond donors (Lipinski definition) is 2. The van der Waals surface area contributed by atoms with Gasteiger partial charge in [-0.1, -0.05) is 27.7 Å². The summed E-state index contributed by atoms with van der Waals surface area (Å²) >= 11 is 0. The zero-order valence-electron chi connectivity index (χ0n) is 16.6. The second-order valence-corrected chi connectivity index (χ2v) is 9.18. The van der Waals surface area contributed by atoms with Crippen LogP contribution in [0.4, 0.5) is 0 Å². The molecule has 2 N–H and O–H groups in total. The quantitative estimate of drug-likeness (QED) is 0.432. The van der Waals surface area contributed by atoms with Crippen LogP contribution in [-0.4, -0.2) is 70.1 Å². The lowest BCUT2D eigenvalue weighted by Gasteiger charge is -2.32. The molecule has 0 aliphatic heterocycles. The third-order valence-corrected chi connectivity index (χ3v) is 5.08. The monoisotopic (exact) mass is 362 g/mol. The Balaban J connectivity index is 4.57. The maximum absolute atomic E-state index is 11.3. The summed E-state index contributed by atoms with van der Waals surface area (Å²) in [6, 6.07) is 0.521. The number of aliphatic imine (C=N–C) groups is 1. The molecule has 0 saturated carbocycles. The smallest absolute Gasteiger partial charge is 0.191 e. The molecular formula is C17H38N4O2S. The van der Waals surface area contributed by atoms with Crippen molar-refractivity contribution in [2.24, 2.45) is 10.9 Å². The minimum Gasteiger partial charge on any atom is -0.355 e. The summed E-state index contributed by atoms with van der Waals surface area (Å²) in [6.07, 6.45) is 2.98. The topological polar surface area (TPSA) is 73.8 Å². The van der Waals surface area contributed by atoms with Gasteiger partial charge in [0.15, 0.2) is 5.96 Å². The standard InChI is InChI=1S/C17H38N4O2S/c1-8-21(9-2)16(12-14(3)4)13-19-17(18-6)20-15(5)10-11-24(7,22)23/h14-16H,8-13H2,1-7H3,(H2,18,19,20). The van der Waals surface area contributed by atoms with Crippen LogP contribution in [0.15, 0.2) is 4.99 Å². The summed E-state index contributed by atoms with van der Waals surface area (Å²) in [6.45, 7) is 13.8. The molecule has 0 aliphatic rings. The van der Waals surface area contributed by atoms with Crippen LogP contribution in [0.2, 0.25) is 0 Å². The molecule has 0 aromatic rings. The summed E-state index contributed by atoms with van der Waals surface area (Å²) in [7, 11) is -1.18. The molecule has 0 radical (unpaired) electrons. The SMILES string of the molecule is CCN(CC)C(CNC(=NC)NC(C)CCS(C)(=O)=O)CC(C)C. The van der Waals surface area contributed by atoms with Gasteiger partial charge in [-0.2, -0.15) is 0 Å². The van der Waals surface area contributed by atoms with Crippen molar-refractivity contribution in [1.29, 1.82) is 0 Å². The second-order valence-electron chi connectivity index (χ2n) is 6.92. The van der Waals surface area contributed by atoms with Crippen LogP contribution in [0.25, 0.3) is 0 Å². The lowest BCUT2D eigenvalue weighted by Crippen LogP contribution is -2.49. The fraction of sp³-hybridized carbons (Fsp3) is 0.941. The summed E-state index contributed by atoms with van der Waals surface area (Å²) in [5.74, 6) is 1.56. The Morgan fingerprint density at radius 2 is 1.75 bits per heavy atom. The van der Waals surface area contributed by atoms with Gasteiger partial charge in [-0.05, 0) is 38.8 Å². The van der Waals surface area contributed by atoms with Gasteiger partial charge < -0.3 is 10.6 Å². The van der Waals surface area contributed by atoms with E-state index in [1.54, 1.807) is 7.05 Å². The molecule has 24 heavy (non-hydrogen) atoms. The lowest BCUT2D eigenvalue weighted by molar-refractivity contribution is 0.191. The highest BCUT2D eigenvalue weighted by atomic mass is 32.2. The fourth-order valence-corrected chi connectivity index (χ4v) is 3.53. The third kappa shape index (κ3) is 10.9. The zero-order chi connectivity index (χ0) is 18.8. The second kappa shape index (κ2) is 11.7. The van der Waals surface area contributed by atoms with Crippen LogP contribution in [0.1, 0.15) is 47.5 Å². The van der Waals surface area contributed by atoms with Crippen molar-refractivity contribution in [3.8, 4) is 0 Å². The van der Waals surface area contributed by atoms with Gasteiger partial charge in [0.1, 0.15) is 9.84 Å². The molecule has 0 spiro atoms. The Morgan fingerprint density at radius 3 is 2.17 bits per heavy atom. The van der Waals surface area contributed by atoms with Crippen molar-refractivity contribution in [2.45, 2.75) is 59.5 Å². The van der Waals surface area contributed by atoms with Crippen LogP contribution in [0, 0.1) is 5.92 Å². The Labute approximate surface area is 149 Å². The normalized spacial score (nSPS) is 15.6. The van der Waals surface area contributed by atoms with Gasteiger partial charge in [0.25, 0.3) is 0 Å². The van der Waals surface area contributed by atoms with Gasteiger partial charge >= 0.3 is 0 Å². The number of nitrogens with one attached hydrogen (secondary N) is 2. The molecule has 0 amide bonds.